The van der Waals surface area contributed by atoms with Gasteiger partial charge >= 0.3 is 5.63 Å². The van der Waals surface area contributed by atoms with Gasteiger partial charge in [0.2, 0.25) is 11.7 Å². The van der Waals surface area contributed by atoms with Crippen LogP contribution in [-0.4, -0.2) is 22.7 Å². The molecule has 0 atom stereocenters. The number of aromatic hydroxyl groups is 2. The quantitative estimate of drug-likeness (QED) is 0.318. The smallest absolute Gasteiger partial charge is 0.340 e. The fourth-order valence-corrected chi connectivity index (χ4v) is 3.87. The summed E-state index contributed by atoms with van der Waals surface area (Å²) in [4.78, 5) is 25.3. The molecule has 4 aromatic rings. The van der Waals surface area contributed by atoms with Gasteiger partial charge in [0.1, 0.15) is 0 Å². The summed E-state index contributed by atoms with van der Waals surface area (Å²) >= 11 is 0. The van der Waals surface area contributed by atoms with Crippen molar-refractivity contribution in [3.05, 3.63) is 105 Å². The molecule has 0 aliphatic heterocycles. The summed E-state index contributed by atoms with van der Waals surface area (Å²) in [5.41, 5.74) is 2.10. The highest BCUT2D eigenvalue weighted by molar-refractivity contribution is 5.89. The maximum atomic E-state index is 12.8. The topological polar surface area (TPSA) is 99.8 Å². The molecule has 0 bridgehead atoms. The number of amides is 1. The van der Waals surface area contributed by atoms with Gasteiger partial charge in [-0.15, -0.1) is 0 Å². The van der Waals surface area contributed by atoms with Crippen LogP contribution in [0.3, 0.4) is 0 Å². The van der Waals surface area contributed by atoms with Gasteiger partial charge in [-0.25, -0.2) is 4.79 Å². The molecule has 0 aliphatic carbocycles. The van der Waals surface area contributed by atoms with Crippen LogP contribution in [-0.2, 0) is 11.2 Å². The monoisotopic (exact) mass is 429 g/mol. The zero-order valence-corrected chi connectivity index (χ0v) is 17.5. The molecule has 3 aromatic carbocycles. The first-order chi connectivity index (χ1) is 15.5. The minimum Gasteiger partial charge on any atom is -0.504 e. The van der Waals surface area contributed by atoms with E-state index in [1.165, 1.54) is 6.07 Å². The first kappa shape index (κ1) is 21.2. The van der Waals surface area contributed by atoms with Crippen LogP contribution in [0.25, 0.3) is 11.0 Å². The number of nitrogens with one attached hydrogen (secondary N) is 1. The van der Waals surface area contributed by atoms with Crippen LogP contribution in [0.15, 0.2) is 82.0 Å². The van der Waals surface area contributed by atoms with Crippen LogP contribution in [0, 0.1) is 6.92 Å². The van der Waals surface area contributed by atoms with Gasteiger partial charge in [0.05, 0.1) is 12.0 Å². The van der Waals surface area contributed by atoms with Crippen LogP contribution >= 0.6 is 0 Å². The van der Waals surface area contributed by atoms with Gasteiger partial charge < -0.3 is 19.9 Å². The van der Waals surface area contributed by atoms with Crippen molar-refractivity contribution in [2.75, 3.05) is 6.54 Å². The van der Waals surface area contributed by atoms with Gasteiger partial charge in [-0.05, 0) is 35.7 Å². The fraction of sp³-hybridized carbons (Fsp3) is 0.154. The lowest BCUT2D eigenvalue weighted by molar-refractivity contribution is -0.120. The average molecular weight is 429 g/mol. The summed E-state index contributed by atoms with van der Waals surface area (Å²) in [5, 5.41) is 23.0. The average Bonchev–Trinajstić information content (AvgIpc) is 2.81. The molecule has 162 valence electrons. The summed E-state index contributed by atoms with van der Waals surface area (Å²) in [6.45, 7) is 2.06. The Bertz CT molecular complexity index is 1270. The van der Waals surface area contributed by atoms with Crippen LogP contribution in [0.2, 0.25) is 0 Å². The van der Waals surface area contributed by atoms with E-state index in [1.807, 2.05) is 60.7 Å². The van der Waals surface area contributed by atoms with E-state index in [1.54, 1.807) is 13.0 Å². The van der Waals surface area contributed by atoms with E-state index in [4.69, 9.17) is 4.42 Å². The summed E-state index contributed by atoms with van der Waals surface area (Å²) in [7, 11) is 0. The minimum absolute atomic E-state index is 0.0321. The highest BCUT2D eigenvalue weighted by Crippen LogP contribution is 2.34. The van der Waals surface area contributed by atoms with Crippen molar-refractivity contribution in [2.24, 2.45) is 0 Å². The molecule has 3 N–H and O–H groups in total. The maximum Gasteiger partial charge on any atom is 0.340 e. The standard InChI is InChI=1S/C26H23NO5/c1-16-19-12-13-22(28)24(30)25(19)32-26(31)20(16)14-23(29)27-15-21(17-8-4-2-5-9-17)18-10-6-3-7-11-18/h2-13,21,28,30H,14-15H2,1H3,(H,27,29). The Morgan fingerprint density at radius 2 is 1.53 bits per heavy atom. The molecule has 0 aliphatic rings. The Morgan fingerprint density at radius 3 is 2.12 bits per heavy atom. The third-order valence-corrected chi connectivity index (χ3v) is 5.65. The van der Waals surface area contributed by atoms with Gasteiger partial charge in [0, 0.05) is 17.8 Å². The molecule has 0 radical (unpaired) electrons. The Hall–Kier alpha value is -4.06. The number of phenolic OH excluding ortho intramolecular Hbond substituents is 2. The number of carbonyl (C=O) groups is 1. The third-order valence-electron chi connectivity index (χ3n) is 5.65. The van der Waals surface area contributed by atoms with Crippen LogP contribution in [0.5, 0.6) is 11.5 Å². The Balaban J connectivity index is 1.56. The molecule has 1 amide bonds. The highest BCUT2D eigenvalue weighted by atomic mass is 16.4. The van der Waals surface area contributed by atoms with Crippen molar-refractivity contribution in [1.82, 2.24) is 5.32 Å². The molecule has 4 rings (SSSR count). The van der Waals surface area contributed by atoms with Gasteiger partial charge in [0.15, 0.2) is 11.3 Å². The molecule has 32 heavy (non-hydrogen) atoms. The van der Waals surface area contributed by atoms with E-state index in [0.717, 1.165) is 11.1 Å². The molecule has 1 aromatic heterocycles. The lowest BCUT2D eigenvalue weighted by Crippen LogP contribution is -2.31. The molecule has 0 saturated heterocycles. The van der Waals surface area contributed by atoms with E-state index in [9.17, 15) is 19.8 Å². The van der Waals surface area contributed by atoms with Crippen molar-refractivity contribution in [3.8, 4) is 11.5 Å². The number of fused-ring (bicyclic) bond motifs is 1. The van der Waals surface area contributed by atoms with Crippen LogP contribution < -0.4 is 10.9 Å². The first-order valence-electron chi connectivity index (χ1n) is 10.3. The molecule has 0 saturated carbocycles. The second-order valence-electron chi connectivity index (χ2n) is 7.66. The molecule has 6 heteroatoms. The van der Waals surface area contributed by atoms with E-state index in [0.29, 0.717) is 17.5 Å². The summed E-state index contributed by atoms with van der Waals surface area (Å²) in [6.07, 6.45) is -0.151. The minimum atomic E-state index is -0.714. The molecule has 0 unspecified atom stereocenters. The summed E-state index contributed by atoms with van der Waals surface area (Å²) in [5.74, 6) is -1.21. The number of rotatable bonds is 6. The number of hydrogen-bond acceptors (Lipinski definition) is 5. The van der Waals surface area contributed by atoms with Gasteiger partial charge in [-0.3, -0.25) is 4.79 Å². The zero-order valence-electron chi connectivity index (χ0n) is 17.5. The van der Waals surface area contributed by atoms with Crippen LogP contribution in [0.1, 0.15) is 28.2 Å². The van der Waals surface area contributed by atoms with Gasteiger partial charge in [-0.2, -0.15) is 0 Å². The van der Waals surface area contributed by atoms with Crippen molar-refractivity contribution in [3.63, 3.8) is 0 Å². The summed E-state index contributed by atoms with van der Waals surface area (Å²) in [6, 6.07) is 22.7. The zero-order chi connectivity index (χ0) is 22.7. The molecular formula is C26H23NO5. The molecule has 0 fully saturated rings. The van der Waals surface area contributed by atoms with E-state index < -0.39 is 11.4 Å². The Labute approximate surface area is 184 Å². The van der Waals surface area contributed by atoms with E-state index >= 15 is 0 Å². The molecule has 1 heterocycles. The maximum absolute atomic E-state index is 12.8. The number of hydrogen-bond donors (Lipinski definition) is 3. The fourth-order valence-electron chi connectivity index (χ4n) is 3.87. The SMILES string of the molecule is Cc1c(CC(=O)NCC(c2ccccc2)c2ccccc2)c(=O)oc2c(O)c(O)ccc12. The number of phenols is 2. The number of benzene rings is 3. The highest BCUT2D eigenvalue weighted by Gasteiger charge is 2.20. The van der Waals surface area contributed by atoms with E-state index in [-0.39, 0.29) is 35.1 Å². The molecule has 6 nitrogen and oxygen atoms in total. The first-order valence-corrected chi connectivity index (χ1v) is 10.3. The van der Waals surface area contributed by atoms with Crippen molar-refractivity contribution in [2.45, 2.75) is 19.3 Å². The van der Waals surface area contributed by atoms with E-state index in [2.05, 4.69) is 5.32 Å². The predicted octanol–water partition coefficient (Wildman–Crippen LogP) is 4.00. The Morgan fingerprint density at radius 1 is 0.938 bits per heavy atom. The lowest BCUT2D eigenvalue weighted by Gasteiger charge is -2.19. The second-order valence-corrected chi connectivity index (χ2v) is 7.66. The lowest BCUT2D eigenvalue weighted by atomic mass is 9.91. The third kappa shape index (κ3) is 4.21. The largest absolute Gasteiger partial charge is 0.504 e. The normalized spacial score (nSPS) is 11.1. The number of aryl methyl sites for hydroxylation is 1. The van der Waals surface area contributed by atoms with Gasteiger partial charge in [-0.1, -0.05) is 60.7 Å². The molecular weight excluding hydrogens is 406 g/mol. The van der Waals surface area contributed by atoms with Crippen molar-refractivity contribution in [1.29, 1.82) is 0 Å². The summed E-state index contributed by atoms with van der Waals surface area (Å²) < 4.78 is 5.20. The van der Waals surface area contributed by atoms with Gasteiger partial charge in [0.25, 0.3) is 0 Å². The van der Waals surface area contributed by atoms with Crippen LogP contribution in [0.4, 0.5) is 0 Å². The Kier molecular flexibility index (Phi) is 5.94. The van der Waals surface area contributed by atoms with Crippen molar-refractivity contribution < 1.29 is 19.4 Å². The molecule has 0 spiro atoms. The number of carbonyl (C=O) groups excluding carboxylic acids is 1. The van der Waals surface area contributed by atoms with Crippen molar-refractivity contribution >= 4 is 16.9 Å². The second kappa shape index (κ2) is 8.98. The predicted molar refractivity (Wildman–Crippen MR) is 122 cm³/mol.